The van der Waals surface area contributed by atoms with Gasteiger partial charge in [-0.15, -0.1) is 0 Å². The first-order chi connectivity index (χ1) is 9.60. The summed E-state index contributed by atoms with van der Waals surface area (Å²) in [5.74, 6) is 1.03. The van der Waals surface area contributed by atoms with Crippen molar-refractivity contribution in [2.45, 2.75) is 6.92 Å². The van der Waals surface area contributed by atoms with E-state index in [0.29, 0.717) is 28.1 Å². The summed E-state index contributed by atoms with van der Waals surface area (Å²) < 4.78 is 6.96. The standard InChI is InChI=1S/C14H13ClN4O/c1-8-3-6-11-13(17-8)19(14(16)18-11)12-7-9(20-2)4-5-10(12)15/h3-7H,1-2H3,(H2,16,18). The summed E-state index contributed by atoms with van der Waals surface area (Å²) >= 11 is 6.27. The van der Waals surface area contributed by atoms with Crippen molar-refractivity contribution in [3.05, 3.63) is 41.0 Å². The SMILES string of the molecule is COc1ccc(Cl)c(-n2c(N)nc3ccc(C)nc32)c1. The molecular formula is C14H13ClN4O. The van der Waals surface area contributed by atoms with Crippen LogP contribution in [-0.4, -0.2) is 21.6 Å². The molecule has 0 atom stereocenters. The van der Waals surface area contributed by atoms with Crippen molar-refractivity contribution in [3.8, 4) is 11.4 Å². The van der Waals surface area contributed by atoms with Crippen LogP contribution < -0.4 is 10.5 Å². The third kappa shape index (κ3) is 1.96. The molecule has 0 fully saturated rings. The predicted octanol–water partition coefficient (Wildman–Crippen LogP) is 2.97. The maximum atomic E-state index is 6.27. The van der Waals surface area contributed by atoms with Crippen LogP contribution in [0.1, 0.15) is 5.69 Å². The van der Waals surface area contributed by atoms with Crippen molar-refractivity contribution < 1.29 is 4.74 Å². The normalized spacial score (nSPS) is 10.9. The van der Waals surface area contributed by atoms with Crippen molar-refractivity contribution >= 4 is 28.7 Å². The summed E-state index contributed by atoms with van der Waals surface area (Å²) in [4.78, 5) is 8.80. The fraction of sp³-hybridized carbons (Fsp3) is 0.143. The molecule has 0 amide bonds. The lowest BCUT2D eigenvalue weighted by Crippen LogP contribution is -2.03. The number of aromatic nitrogens is 3. The highest BCUT2D eigenvalue weighted by molar-refractivity contribution is 6.32. The van der Waals surface area contributed by atoms with E-state index in [0.717, 1.165) is 11.2 Å². The molecule has 0 saturated heterocycles. The number of halogens is 1. The van der Waals surface area contributed by atoms with Gasteiger partial charge in [-0.3, -0.25) is 4.57 Å². The summed E-state index contributed by atoms with van der Waals surface area (Å²) in [5, 5.41) is 0.556. The molecule has 0 saturated carbocycles. The number of rotatable bonds is 2. The first-order valence-electron chi connectivity index (χ1n) is 6.05. The Balaban J connectivity index is 2.34. The van der Waals surface area contributed by atoms with E-state index in [1.165, 1.54) is 0 Å². The van der Waals surface area contributed by atoms with Crippen LogP contribution in [0.25, 0.3) is 16.9 Å². The highest BCUT2D eigenvalue weighted by Crippen LogP contribution is 2.30. The number of nitrogen functional groups attached to an aromatic ring is 1. The molecule has 0 unspecified atom stereocenters. The molecule has 2 aromatic heterocycles. The molecule has 0 spiro atoms. The molecule has 0 radical (unpaired) electrons. The maximum absolute atomic E-state index is 6.27. The number of ether oxygens (including phenoxy) is 1. The summed E-state index contributed by atoms with van der Waals surface area (Å²) in [6, 6.07) is 9.14. The van der Waals surface area contributed by atoms with Crippen molar-refractivity contribution in [2.75, 3.05) is 12.8 Å². The first kappa shape index (κ1) is 12.7. The number of hydrogen-bond donors (Lipinski definition) is 1. The van der Waals surface area contributed by atoms with Crippen LogP contribution in [-0.2, 0) is 0 Å². The van der Waals surface area contributed by atoms with Gasteiger partial charge in [0.1, 0.15) is 11.3 Å². The van der Waals surface area contributed by atoms with Crippen LogP contribution >= 0.6 is 11.6 Å². The number of aryl methyl sites for hydroxylation is 1. The van der Waals surface area contributed by atoms with Crippen LogP contribution in [0, 0.1) is 6.92 Å². The smallest absolute Gasteiger partial charge is 0.207 e. The van der Waals surface area contributed by atoms with E-state index >= 15 is 0 Å². The molecule has 3 rings (SSSR count). The topological polar surface area (TPSA) is 66.0 Å². The minimum absolute atomic E-state index is 0.341. The third-order valence-corrected chi connectivity index (χ3v) is 3.38. The molecule has 0 aliphatic heterocycles. The number of pyridine rings is 1. The molecule has 6 heteroatoms. The molecule has 3 aromatic rings. The zero-order chi connectivity index (χ0) is 14.3. The van der Waals surface area contributed by atoms with E-state index < -0.39 is 0 Å². The van der Waals surface area contributed by atoms with E-state index in [9.17, 15) is 0 Å². The molecule has 102 valence electrons. The number of nitrogens with zero attached hydrogens (tertiary/aromatic N) is 3. The molecule has 2 N–H and O–H groups in total. The van der Waals surface area contributed by atoms with Gasteiger partial charge < -0.3 is 10.5 Å². The molecule has 2 heterocycles. The number of nitrogens with two attached hydrogens (primary N) is 1. The second-order valence-electron chi connectivity index (χ2n) is 4.42. The highest BCUT2D eigenvalue weighted by Gasteiger charge is 2.14. The van der Waals surface area contributed by atoms with Crippen LogP contribution in [0.4, 0.5) is 5.95 Å². The number of fused-ring (bicyclic) bond motifs is 1. The minimum atomic E-state index is 0.341. The average molecular weight is 289 g/mol. The number of hydrogen-bond acceptors (Lipinski definition) is 4. The van der Waals surface area contributed by atoms with E-state index in [4.69, 9.17) is 22.1 Å². The summed E-state index contributed by atoms with van der Waals surface area (Å²) in [7, 11) is 1.60. The Bertz CT molecular complexity index is 797. The van der Waals surface area contributed by atoms with Crippen LogP contribution in [0.5, 0.6) is 5.75 Å². The van der Waals surface area contributed by atoms with Gasteiger partial charge in [0.2, 0.25) is 5.95 Å². The summed E-state index contributed by atoms with van der Waals surface area (Å²) in [6.45, 7) is 1.92. The molecule has 20 heavy (non-hydrogen) atoms. The molecule has 1 aromatic carbocycles. The fourth-order valence-electron chi connectivity index (χ4n) is 2.10. The average Bonchev–Trinajstić information content (AvgIpc) is 2.75. The zero-order valence-corrected chi connectivity index (χ0v) is 11.8. The summed E-state index contributed by atoms with van der Waals surface area (Å²) in [6.07, 6.45) is 0. The first-order valence-corrected chi connectivity index (χ1v) is 6.43. The van der Waals surface area contributed by atoms with Gasteiger partial charge in [-0.1, -0.05) is 11.6 Å². The van der Waals surface area contributed by atoms with Gasteiger partial charge in [0, 0.05) is 11.8 Å². The van der Waals surface area contributed by atoms with E-state index in [2.05, 4.69) is 9.97 Å². The Labute approximate surface area is 121 Å². The number of imidazole rings is 1. The number of methoxy groups -OCH3 is 1. The van der Waals surface area contributed by atoms with Crippen molar-refractivity contribution in [1.82, 2.24) is 14.5 Å². The van der Waals surface area contributed by atoms with Crippen LogP contribution in [0.3, 0.4) is 0 Å². The molecule has 0 aliphatic carbocycles. The van der Waals surface area contributed by atoms with Gasteiger partial charge in [0.15, 0.2) is 5.65 Å². The van der Waals surface area contributed by atoms with Gasteiger partial charge in [0.25, 0.3) is 0 Å². The monoisotopic (exact) mass is 288 g/mol. The number of benzene rings is 1. The Hall–Kier alpha value is -2.27. The Morgan fingerprint density at radius 3 is 2.75 bits per heavy atom. The fourth-order valence-corrected chi connectivity index (χ4v) is 2.30. The number of anilines is 1. The zero-order valence-electron chi connectivity index (χ0n) is 11.1. The lowest BCUT2D eigenvalue weighted by Gasteiger charge is -2.10. The lowest BCUT2D eigenvalue weighted by molar-refractivity contribution is 0.414. The van der Waals surface area contributed by atoms with Gasteiger partial charge in [-0.25, -0.2) is 9.97 Å². The van der Waals surface area contributed by atoms with Gasteiger partial charge >= 0.3 is 0 Å². The van der Waals surface area contributed by atoms with Crippen LogP contribution in [0.2, 0.25) is 5.02 Å². The third-order valence-electron chi connectivity index (χ3n) is 3.06. The van der Waals surface area contributed by atoms with Crippen molar-refractivity contribution in [2.24, 2.45) is 0 Å². The lowest BCUT2D eigenvalue weighted by atomic mass is 10.3. The predicted molar refractivity (Wildman–Crippen MR) is 79.6 cm³/mol. The van der Waals surface area contributed by atoms with Gasteiger partial charge in [0.05, 0.1) is 17.8 Å². The highest BCUT2D eigenvalue weighted by atomic mass is 35.5. The summed E-state index contributed by atoms with van der Waals surface area (Å²) in [5.41, 5.74) is 9.00. The molecule has 0 aliphatic rings. The molecule has 0 bridgehead atoms. The van der Waals surface area contributed by atoms with E-state index in [-0.39, 0.29) is 0 Å². The largest absolute Gasteiger partial charge is 0.497 e. The van der Waals surface area contributed by atoms with Crippen molar-refractivity contribution in [1.29, 1.82) is 0 Å². The second-order valence-corrected chi connectivity index (χ2v) is 4.83. The van der Waals surface area contributed by atoms with E-state index in [1.54, 1.807) is 23.8 Å². The van der Waals surface area contributed by atoms with Crippen molar-refractivity contribution in [3.63, 3.8) is 0 Å². The molecular weight excluding hydrogens is 276 g/mol. The van der Waals surface area contributed by atoms with Gasteiger partial charge in [-0.2, -0.15) is 0 Å². The minimum Gasteiger partial charge on any atom is -0.497 e. The molecule has 5 nitrogen and oxygen atoms in total. The Morgan fingerprint density at radius 2 is 2.00 bits per heavy atom. The quantitative estimate of drug-likeness (QED) is 0.787. The maximum Gasteiger partial charge on any atom is 0.207 e. The Morgan fingerprint density at radius 1 is 1.20 bits per heavy atom. The van der Waals surface area contributed by atoms with E-state index in [1.807, 2.05) is 25.1 Å². The van der Waals surface area contributed by atoms with Crippen LogP contribution in [0.15, 0.2) is 30.3 Å². The second kappa shape index (κ2) is 4.68. The van der Waals surface area contributed by atoms with Gasteiger partial charge in [-0.05, 0) is 31.2 Å². The Kier molecular flexibility index (Phi) is 2.99.